The number of esters is 2. The molecule has 0 bridgehead atoms. The third-order valence-electron chi connectivity index (χ3n) is 14.2. The summed E-state index contributed by atoms with van der Waals surface area (Å²) in [5, 5.41) is 6.03. The average molecular weight is 964 g/mol. The molecule has 0 aromatic rings. The smallest absolute Gasteiger partial charge is 0.306 e. The van der Waals surface area contributed by atoms with Crippen LogP contribution in [0, 0.1) is 0 Å². The van der Waals surface area contributed by atoms with Gasteiger partial charge in [0.1, 0.15) is 12.2 Å². The summed E-state index contributed by atoms with van der Waals surface area (Å²) >= 11 is 0. The highest BCUT2D eigenvalue weighted by Gasteiger charge is 2.36. The fourth-order valence-corrected chi connectivity index (χ4v) is 9.33. The zero-order chi connectivity index (χ0) is 50.0. The lowest BCUT2D eigenvalue weighted by atomic mass is 9.90. The molecule has 10 nitrogen and oxygen atoms in total. The lowest BCUT2D eigenvalue weighted by Gasteiger charge is -2.35. The van der Waals surface area contributed by atoms with Crippen LogP contribution in [0.4, 0.5) is 0 Å². The SMILES string of the molecule is CCCCCCCCCCCCCCCCCC(=O)OC1CCC(NC(=O)CCC(=O)NCCCC(C)(C)OCCC(C)(C)OC)CC1OC(=O)CCCCCCCCCCCCCCCCC. The first kappa shape index (κ1) is 63.8. The number of carbonyl (C=O) groups excluding carboxylic acids is 4. The van der Waals surface area contributed by atoms with E-state index in [9.17, 15) is 19.2 Å². The van der Waals surface area contributed by atoms with Crippen LogP contribution in [-0.4, -0.2) is 73.5 Å². The van der Waals surface area contributed by atoms with E-state index in [1.165, 1.54) is 154 Å². The molecule has 400 valence electrons. The van der Waals surface area contributed by atoms with Gasteiger partial charge in [-0.2, -0.15) is 0 Å². The number of hydrogen-bond donors (Lipinski definition) is 2. The maximum absolute atomic E-state index is 13.2. The number of methoxy groups -OCH3 is 1. The molecule has 0 heterocycles. The molecule has 0 radical (unpaired) electrons. The molecular formula is C58H110N2O8. The maximum Gasteiger partial charge on any atom is 0.306 e. The van der Waals surface area contributed by atoms with Crippen LogP contribution in [0.3, 0.4) is 0 Å². The number of amides is 2. The summed E-state index contributed by atoms with van der Waals surface area (Å²) in [6, 6.07) is -0.226. The molecule has 3 unspecified atom stereocenters. The molecule has 3 atom stereocenters. The Balaban J connectivity index is 2.47. The molecule has 1 aliphatic carbocycles. The van der Waals surface area contributed by atoms with Gasteiger partial charge in [-0.15, -0.1) is 0 Å². The first-order valence-electron chi connectivity index (χ1n) is 28.9. The van der Waals surface area contributed by atoms with Gasteiger partial charge in [0.15, 0.2) is 0 Å². The zero-order valence-corrected chi connectivity index (χ0v) is 45.7. The second-order valence-electron chi connectivity index (χ2n) is 21.8. The number of rotatable bonds is 47. The molecule has 0 aromatic carbocycles. The standard InChI is InChI=1S/C58H110N2O8/c1-8-10-12-14-16-18-20-22-24-26-28-30-32-34-36-39-55(63)67-51-42-41-50(60-54(62)44-43-53(61)59-47-38-45-58(5,6)66-48-46-57(3,4)65-7)49-52(51)68-56(64)40-37-35-33-31-29-27-25-23-21-19-17-15-13-11-9-2/h50-52H,8-49H2,1-7H3,(H,59,61)(H,60,62). The van der Waals surface area contributed by atoms with Gasteiger partial charge < -0.3 is 29.6 Å². The van der Waals surface area contributed by atoms with Crippen LogP contribution in [0.5, 0.6) is 0 Å². The highest BCUT2D eigenvalue weighted by Crippen LogP contribution is 2.27. The highest BCUT2D eigenvalue weighted by molar-refractivity contribution is 5.83. The van der Waals surface area contributed by atoms with Gasteiger partial charge in [-0.25, -0.2) is 0 Å². The third kappa shape index (κ3) is 38.5. The quantitative estimate of drug-likeness (QED) is 0.0456. The zero-order valence-electron chi connectivity index (χ0n) is 45.7. The summed E-state index contributed by atoms with van der Waals surface area (Å²) in [7, 11) is 1.71. The molecule has 2 amide bonds. The number of nitrogens with one attached hydrogen (secondary N) is 2. The molecule has 1 rings (SSSR count). The van der Waals surface area contributed by atoms with E-state index >= 15 is 0 Å². The molecular weight excluding hydrogens is 853 g/mol. The predicted molar refractivity (Wildman–Crippen MR) is 282 cm³/mol. The van der Waals surface area contributed by atoms with Crippen molar-refractivity contribution < 1.29 is 38.1 Å². The third-order valence-corrected chi connectivity index (χ3v) is 14.2. The molecule has 68 heavy (non-hydrogen) atoms. The van der Waals surface area contributed by atoms with Crippen LogP contribution in [-0.2, 0) is 38.1 Å². The Kier molecular flexibility index (Phi) is 39.9. The Labute approximate surface area is 419 Å². The molecule has 10 heteroatoms. The van der Waals surface area contributed by atoms with Crippen molar-refractivity contribution in [3.8, 4) is 0 Å². The van der Waals surface area contributed by atoms with E-state index in [-0.39, 0.29) is 53.8 Å². The van der Waals surface area contributed by atoms with E-state index in [0.29, 0.717) is 45.3 Å². The fourth-order valence-electron chi connectivity index (χ4n) is 9.33. The Morgan fingerprint density at radius 1 is 0.456 bits per heavy atom. The second kappa shape index (κ2) is 42.5. The van der Waals surface area contributed by atoms with Gasteiger partial charge in [-0.05, 0) is 72.6 Å². The topological polar surface area (TPSA) is 129 Å². The minimum atomic E-state index is -0.606. The molecule has 0 spiro atoms. The van der Waals surface area contributed by atoms with Gasteiger partial charge >= 0.3 is 11.9 Å². The van der Waals surface area contributed by atoms with E-state index in [4.69, 9.17) is 18.9 Å². The van der Waals surface area contributed by atoms with Gasteiger partial charge in [-0.1, -0.05) is 194 Å². The van der Waals surface area contributed by atoms with Gasteiger partial charge in [0.2, 0.25) is 11.8 Å². The minimum Gasteiger partial charge on any atom is -0.458 e. The lowest BCUT2D eigenvalue weighted by Crippen LogP contribution is -2.48. The first-order valence-corrected chi connectivity index (χ1v) is 28.9. The van der Waals surface area contributed by atoms with Crippen molar-refractivity contribution in [3.63, 3.8) is 0 Å². The van der Waals surface area contributed by atoms with E-state index in [1.54, 1.807) is 7.11 Å². The van der Waals surface area contributed by atoms with Crippen molar-refractivity contribution in [3.05, 3.63) is 0 Å². The molecule has 0 saturated heterocycles. The fraction of sp³-hybridized carbons (Fsp3) is 0.931. The van der Waals surface area contributed by atoms with Crippen LogP contribution in [0.15, 0.2) is 0 Å². The predicted octanol–water partition coefficient (Wildman–Crippen LogP) is 15.3. The van der Waals surface area contributed by atoms with Crippen LogP contribution in [0.1, 0.15) is 298 Å². The Morgan fingerprint density at radius 2 is 0.853 bits per heavy atom. The van der Waals surface area contributed by atoms with Gasteiger partial charge in [0.05, 0.1) is 17.8 Å². The van der Waals surface area contributed by atoms with E-state index in [0.717, 1.165) is 57.8 Å². The van der Waals surface area contributed by atoms with Gasteiger partial charge in [-0.3, -0.25) is 19.2 Å². The summed E-state index contributed by atoms with van der Waals surface area (Å²) in [6.07, 6.45) is 41.7. The molecule has 0 aliphatic heterocycles. The lowest BCUT2D eigenvalue weighted by molar-refractivity contribution is -0.173. The average Bonchev–Trinajstić information content (AvgIpc) is 3.30. The highest BCUT2D eigenvalue weighted by atomic mass is 16.6. The summed E-state index contributed by atoms with van der Waals surface area (Å²) < 4.78 is 23.6. The summed E-state index contributed by atoms with van der Waals surface area (Å²) in [4.78, 5) is 51.9. The number of ether oxygens (including phenoxy) is 4. The molecule has 0 aromatic heterocycles. The van der Waals surface area contributed by atoms with Crippen molar-refractivity contribution in [2.24, 2.45) is 0 Å². The largest absolute Gasteiger partial charge is 0.458 e. The van der Waals surface area contributed by atoms with Crippen LogP contribution in [0.25, 0.3) is 0 Å². The van der Waals surface area contributed by atoms with Crippen LogP contribution < -0.4 is 10.6 Å². The van der Waals surface area contributed by atoms with Crippen LogP contribution >= 0.6 is 0 Å². The van der Waals surface area contributed by atoms with Gasteiger partial charge in [0, 0.05) is 51.8 Å². The number of hydrogen-bond acceptors (Lipinski definition) is 8. The summed E-state index contributed by atoms with van der Waals surface area (Å²) in [5.74, 6) is -0.855. The number of carbonyl (C=O) groups is 4. The summed E-state index contributed by atoms with van der Waals surface area (Å²) in [5.41, 5.74) is -0.538. The molecule has 1 fully saturated rings. The molecule has 1 saturated carbocycles. The van der Waals surface area contributed by atoms with E-state index in [2.05, 4.69) is 38.3 Å². The van der Waals surface area contributed by atoms with Crippen molar-refractivity contribution >= 4 is 23.8 Å². The monoisotopic (exact) mass is 963 g/mol. The first-order chi connectivity index (χ1) is 32.8. The van der Waals surface area contributed by atoms with Crippen molar-refractivity contribution in [2.45, 2.75) is 328 Å². The number of unbranched alkanes of at least 4 members (excludes halogenated alkanes) is 28. The van der Waals surface area contributed by atoms with Gasteiger partial charge in [0.25, 0.3) is 0 Å². The van der Waals surface area contributed by atoms with Crippen molar-refractivity contribution in [1.29, 1.82) is 0 Å². The molecule has 2 N–H and O–H groups in total. The minimum absolute atomic E-state index is 0.0769. The normalized spacial score (nSPS) is 16.4. The maximum atomic E-state index is 13.2. The van der Waals surface area contributed by atoms with E-state index in [1.807, 2.05) is 13.8 Å². The Hall–Kier alpha value is -2.20. The Bertz CT molecular complexity index is 1240. The molecule has 1 aliphatic rings. The summed E-state index contributed by atoms with van der Waals surface area (Å²) in [6.45, 7) is 13.9. The van der Waals surface area contributed by atoms with Crippen molar-refractivity contribution in [2.75, 3.05) is 20.3 Å². The second-order valence-corrected chi connectivity index (χ2v) is 21.8. The van der Waals surface area contributed by atoms with E-state index < -0.39 is 12.2 Å². The Morgan fingerprint density at radius 3 is 1.28 bits per heavy atom. The van der Waals surface area contributed by atoms with Crippen LogP contribution in [0.2, 0.25) is 0 Å². The van der Waals surface area contributed by atoms with Crippen molar-refractivity contribution in [1.82, 2.24) is 10.6 Å².